The third kappa shape index (κ3) is 4.08. The maximum Gasteiger partial charge on any atom is 0.295 e. The number of aliphatic hydroxyl groups excluding tert-OH is 2. The van der Waals surface area contributed by atoms with E-state index in [0.29, 0.717) is 49.5 Å². The predicted molar refractivity (Wildman–Crippen MR) is 119 cm³/mol. The lowest BCUT2D eigenvalue weighted by Gasteiger charge is -2.25. The van der Waals surface area contributed by atoms with E-state index in [0.717, 1.165) is 17.7 Å². The number of likely N-dealkylation sites (tertiary alicyclic amines) is 1. The van der Waals surface area contributed by atoms with Crippen LogP contribution in [0.25, 0.3) is 5.76 Å². The molecule has 0 aromatic heterocycles. The molecule has 4 rings (SSSR count). The normalized spacial score (nSPS) is 19.2. The molecule has 1 fully saturated rings. The maximum atomic E-state index is 13.0. The van der Waals surface area contributed by atoms with Crippen LogP contribution in [0.2, 0.25) is 0 Å². The number of benzene rings is 2. The molecule has 1 atom stereocenters. The highest BCUT2D eigenvalue weighted by Crippen LogP contribution is 2.41. The minimum Gasteiger partial charge on any atom is -0.507 e. The average molecular weight is 437 g/mol. The first kappa shape index (κ1) is 21.9. The van der Waals surface area contributed by atoms with Crippen LogP contribution in [-0.4, -0.2) is 53.2 Å². The molecule has 0 aliphatic carbocycles. The molecule has 2 aromatic rings. The molecule has 2 N–H and O–H groups in total. The van der Waals surface area contributed by atoms with Crippen LogP contribution in [0.15, 0.2) is 48.0 Å². The highest BCUT2D eigenvalue weighted by molar-refractivity contribution is 6.46. The summed E-state index contributed by atoms with van der Waals surface area (Å²) in [6.45, 7) is 3.29. The number of carbonyl (C=O) groups excluding carboxylic acids is 2. The molecule has 0 spiro atoms. The van der Waals surface area contributed by atoms with Crippen molar-refractivity contribution in [3.8, 4) is 11.5 Å². The highest BCUT2D eigenvalue weighted by atomic mass is 16.5. The number of hydrogen-bond acceptors (Lipinski definition) is 6. The Balaban J connectivity index is 1.78. The van der Waals surface area contributed by atoms with Gasteiger partial charge >= 0.3 is 0 Å². The second-order valence-corrected chi connectivity index (χ2v) is 7.91. The number of ether oxygens (including phenoxy) is 2. The van der Waals surface area contributed by atoms with Gasteiger partial charge in [0, 0.05) is 31.6 Å². The zero-order valence-corrected chi connectivity index (χ0v) is 18.0. The van der Waals surface area contributed by atoms with Crippen molar-refractivity contribution in [3.05, 3.63) is 64.7 Å². The standard InChI is InChI=1S/C25H27NO6/c1-2-10-26-22(17-5-3-6-19(15-17)31-12-4-11-27)21(24(29)25(26)30)23(28)18-7-8-20-16(14-18)9-13-32-20/h3,5-8,14-15,22,27-28H,2,4,9-13H2,1H3/b23-21-. The molecule has 2 heterocycles. The number of hydrogen-bond donors (Lipinski definition) is 2. The first-order valence-electron chi connectivity index (χ1n) is 10.9. The van der Waals surface area contributed by atoms with Crippen molar-refractivity contribution in [2.24, 2.45) is 0 Å². The zero-order valence-electron chi connectivity index (χ0n) is 18.0. The van der Waals surface area contributed by atoms with Gasteiger partial charge < -0.3 is 24.6 Å². The summed E-state index contributed by atoms with van der Waals surface area (Å²) in [5.74, 6) is -0.142. The van der Waals surface area contributed by atoms with Gasteiger partial charge in [0.25, 0.3) is 11.7 Å². The van der Waals surface area contributed by atoms with E-state index in [1.54, 1.807) is 30.3 Å². The van der Waals surface area contributed by atoms with Crippen LogP contribution in [0.3, 0.4) is 0 Å². The van der Waals surface area contributed by atoms with E-state index >= 15 is 0 Å². The maximum absolute atomic E-state index is 13.0. The quantitative estimate of drug-likeness (QED) is 0.285. The number of amides is 1. The number of Topliss-reactive ketones (excluding diaryl/α,β-unsaturated/α-hetero) is 1. The van der Waals surface area contributed by atoms with Crippen LogP contribution in [-0.2, 0) is 16.0 Å². The molecule has 2 aliphatic heterocycles. The minimum atomic E-state index is -0.708. The third-order valence-corrected chi connectivity index (χ3v) is 5.71. The number of aliphatic hydroxyl groups is 2. The molecule has 2 aliphatic rings. The fraction of sp³-hybridized carbons (Fsp3) is 0.360. The van der Waals surface area contributed by atoms with Gasteiger partial charge in [-0.2, -0.15) is 0 Å². The van der Waals surface area contributed by atoms with Gasteiger partial charge in [0.05, 0.1) is 24.8 Å². The summed E-state index contributed by atoms with van der Waals surface area (Å²) >= 11 is 0. The van der Waals surface area contributed by atoms with E-state index < -0.39 is 17.7 Å². The van der Waals surface area contributed by atoms with Crippen LogP contribution < -0.4 is 9.47 Å². The summed E-state index contributed by atoms with van der Waals surface area (Å²) in [4.78, 5) is 27.4. The van der Waals surface area contributed by atoms with Gasteiger partial charge in [0.2, 0.25) is 0 Å². The van der Waals surface area contributed by atoms with Gasteiger partial charge in [-0.3, -0.25) is 9.59 Å². The van der Waals surface area contributed by atoms with Crippen molar-refractivity contribution >= 4 is 17.4 Å². The fourth-order valence-electron chi connectivity index (χ4n) is 4.22. The molecule has 7 nitrogen and oxygen atoms in total. The Morgan fingerprint density at radius 3 is 2.84 bits per heavy atom. The Morgan fingerprint density at radius 1 is 1.22 bits per heavy atom. The van der Waals surface area contributed by atoms with Crippen LogP contribution in [0.1, 0.15) is 42.5 Å². The first-order valence-corrected chi connectivity index (χ1v) is 10.9. The van der Waals surface area contributed by atoms with Crippen LogP contribution in [0, 0.1) is 0 Å². The number of nitrogens with zero attached hydrogens (tertiary/aromatic N) is 1. The van der Waals surface area contributed by atoms with E-state index in [-0.39, 0.29) is 17.9 Å². The van der Waals surface area contributed by atoms with Gasteiger partial charge in [-0.25, -0.2) is 0 Å². The molecule has 1 saturated heterocycles. The lowest BCUT2D eigenvalue weighted by atomic mass is 9.94. The van der Waals surface area contributed by atoms with E-state index in [9.17, 15) is 14.7 Å². The molecule has 0 radical (unpaired) electrons. The number of fused-ring (bicyclic) bond motifs is 1. The third-order valence-electron chi connectivity index (χ3n) is 5.71. The Labute approximate surface area is 186 Å². The number of ketones is 1. The first-order chi connectivity index (χ1) is 15.5. The van der Waals surface area contributed by atoms with E-state index in [2.05, 4.69) is 0 Å². The number of carbonyl (C=O) groups is 2. The Kier molecular flexibility index (Phi) is 6.46. The topological polar surface area (TPSA) is 96.3 Å². The fourth-order valence-corrected chi connectivity index (χ4v) is 4.22. The molecule has 0 bridgehead atoms. The summed E-state index contributed by atoms with van der Waals surface area (Å²) in [5.41, 5.74) is 2.22. The monoisotopic (exact) mass is 437 g/mol. The molecular weight excluding hydrogens is 410 g/mol. The molecule has 7 heteroatoms. The Morgan fingerprint density at radius 2 is 2.06 bits per heavy atom. The molecule has 1 unspecified atom stereocenters. The van der Waals surface area contributed by atoms with Crippen molar-refractivity contribution in [3.63, 3.8) is 0 Å². The predicted octanol–water partition coefficient (Wildman–Crippen LogP) is 3.21. The number of rotatable bonds is 8. The largest absolute Gasteiger partial charge is 0.507 e. The van der Waals surface area contributed by atoms with Crippen molar-refractivity contribution in [1.29, 1.82) is 0 Å². The molecule has 168 valence electrons. The van der Waals surface area contributed by atoms with Gasteiger partial charge in [-0.1, -0.05) is 19.1 Å². The summed E-state index contributed by atoms with van der Waals surface area (Å²) in [5, 5.41) is 20.2. The van der Waals surface area contributed by atoms with Gasteiger partial charge in [-0.05, 0) is 47.9 Å². The minimum absolute atomic E-state index is 0.0299. The van der Waals surface area contributed by atoms with Gasteiger partial charge in [0.1, 0.15) is 17.3 Å². The van der Waals surface area contributed by atoms with Crippen LogP contribution in [0.4, 0.5) is 0 Å². The Bertz CT molecular complexity index is 1060. The van der Waals surface area contributed by atoms with E-state index in [4.69, 9.17) is 14.6 Å². The smallest absolute Gasteiger partial charge is 0.295 e. The second kappa shape index (κ2) is 9.44. The molecule has 2 aromatic carbocycles. The molecule has 1 amide bonds. The van der Waals surface area contributed by atoms with Gasteiger partial charge in [-0.15, -0.1) is 0 Å². The van der Waals surface area contributed by atoms with Crippen LogP contribution >= 0.6 is 0 Å². The van der Waals surface area contributed by atoms with Crippen molar-refractivity contribution in [1.82, 2.24) is 4.90 Å². The second-order valence-electron chi connectivity index (χ2n) is 7.91. The van der Waals surface area contributed by atoms with E-state index in [1.165, 1.54) is 4.90 Å². The molecular formula is C25H27NO6. The van der Waals surface area contributed by atoms with Crippen molar-refractivity contribution < 1.29 is 29.3 Å². The lowest BCUT2D eigenvalue weighted by molar-refractivity contribution is -0.139. The van der Waals surface area contributed by atoms with Gasteiger partial charge in [0.15, 0.2) is 0 Å². The highest BCUT2D eigenvalue weighted by Gasteiger charge is 2.45. The summed E-state index contributed by atoms with van der Waals surface area (Å²) in [6, 6.07) is 11.8. The lowest BCUT2D eigenvalue weighted by Crippen LogP contribution is -2.30. The molecule has 0 saturated carbocycles. The zero-order chi connectivity index (χ0) is 22.7. The summed E-state index contributed by atoms with van der Waals surface area (Å²) < 4.78 is 11.2. The van der Waals surface area contributed by atoms with Crippen molar-refractivity contribution in [2.45, 2.75) is 32.2 Å². The Hall–Kier alpha value is -3.32. The average Bonchev–Trinajstić information content (AvgIpc) is 3.37. The van der Waals surface area contributed by atoms with Crippen LogP contribution in [0.5, 0.6) is 11.5 Å². The SMILES string of the molecule is CCCN1C(=O)C(=O)/C(=C(\O)c2ccc3c(c2)CCO3)C1c1cccc(OCCCO)c1. The summed E-state index contributed by atoms with van der Waals surface area (Å²) in [6.07, 6.45) is 1.91. The van der Waals surface area contributed by atoms with Crippen molar-refractivity contribution in [2.75, 3.05) is 26.4 Å². The van der Waals surface area contributed by atoms with E-state index in [1.807, 2.05) is 19.1 Å². The molecule has 32 heavy (non-hydrogen) atoms. The summed E-state index contributed by atoms with van der Waals surface area (Å²) in [7, 11) is 0.